The Labute approximate surface area is 175 Å². The molecule has 0 aliphatic carbocycles. The number of hydrogen-bond donors (Lipinski definition) is 0. The lowest BCUT2D eigenvalue weighted by Crippen LogP contribution is -3.00. The minimum Gasteiger partial charge on any atom is -1.00 e. The van der Waals surface area contributed by atoms with E-state index in [2.05, 4.69) is 14.1 Å². The van der Waals surface area contributed by atoms with E-state index >= 15 is 0 Å². The molecule has 7 nitrogen and oxygen atoms in total. The molecule has 0 bridgehead atoms. The van der Waals surface area contributed by atoms with Gasteiger partial charge in [-0.15, -0.1) is 0 Å². The first kappa shape index (κ1) is 20.2. The highest BCUT2D eigenvalue weighted by atomic mass is 127. The van der Waals surface area contributed by atoms with Crippen molar-refractivity contribution in [2.45, 2.75) is 25.3 Å². The van der Waals surface area contributed by atoms with Crippen molar-refractivity contribution >= 4 is 11.8 Å². The van der Waals surface area contributed by atoms with E-state index in [0.717, 1.165) is 24.1 Å². The predicted octanol–water partition coefficient (Wildman–Crippen LogP) is -1.38. The minimum atomic E-state index is -0.639. The van der Waals surface area contributed by atoms with E-state index in [-0.39, 0.29) is 49.0 Å². The van der Waals surface area contributed by atoms with Gasteiger partial charge in [0.1, 0.15) is 12.0 Å². The summed E-state index contributed by atoms with van der Waals surface area (Å²) in [5.41, 5.74) is 2.11. The molecule has 1 saturated heterocycles. The number of likely N-dealkylation sites (N-methyl/N-ethyl adjacent to an activating group) is 1. The third-order valence-electron chi connectivity index (χ3n) is 5.80. The zero-order valence-corrected chi connectivity index (χ0v) is 17.9. The van der Waals surface area contributed by atoms with Crippen LogP contribution < -0.4 is 38.2 Å². The molecule has 27 heavy (non-hydrogen) atoms. The molecule has 3 aliphatic heterocycles. The maximum atomic E-state index is 12.8. The van der Waals surface area contributed by atoms with Gasteiger partial charge in [0.25, 0.3) is 0 Å². The lowest BCUT2D eigenvalue weighted by molar-refractivity contribution is -0.922. The molecule has 3 heterocycles. The average Bonchev–Trinajstić information content (AvgIpc) is 3.24. The minimum absolute atomic E-state index is 0. The van der Waals surface area contributed by atoms with Crippen LogP contribution >= 0.6 is 0 Å². The molecular weight excluding hydrogens is 465 g/mol. The number of ether oxygens (including phenoxy) is 4. The Morgan fingerprint density at radius 1 is 1.30 bits per heavy atom. The molecule has 0 saturated carbocycles. The highest BCUT2D eigenvalue weighted by molar-refractivity contribution is 6.00. The summed E-state index contributed by atoms with van der Waals surface area (Å²) in [6.07, 6.45) is 1.62. The molecule has 0 N–H and O–H groups in total. The predicted molar refractivity (Wildman–Crippen MR) is 91.2 cm³/mol. The van der Waals surface area contributed by atoms with Crippen molar-refractivity contribution < 1.29 is 57.0 Å². The van der Waals surface area contributed by atoms with Crippen molar-refractivity contribution in [2.24, 2.45) is 5.92 Å². The summed E-state index contributed by atoms with van der Waals surface area (Å²) in [6.45, 7) is 1.39. The van der Waals surface area contributed by atoms with E-state index < -0.39 is 11.9 Å². The van der Waals surface area contributed by atoms with Gasteiger partial charge in [0.15, 0.2) is 17.3 Å². The van der Waals surface area contributed by atoms with Crippen LogP contribution in [0.4, 0.5) is 0 Å². The van der Waals surface area contributed by atoms with Crippen molar-refractivity contribution in [1.29, 1.82) is 0 Å². The first-order valence-electron chi connectivity index (χ1n) is 8.93. The summed E-state index contributed by atoms with van der Waals surface area (Å²) in [5, 5.41) is 0. The molecule has 0 amide bonds. The van der Waals surface area contributed by atoms with E-state index in [1.807, 2.05) is 6.07 Å². The Morgan fingerprint density at radius 3 is 2.74 bits per heavy atom. The number of methoxy groups -OCH3 is 1. The standard InChI is InChI=1S/C19H24NO6.HI/c1-20(2)6-4-11-8-15-17(26-10-25-15)18(23-3)16(11)13(20)9-14(21)12-5-7-24-19(12)22;/h8,12-13H,4-7,9-10H2,1-3H3;1H/q+1;/p-1. The van der Waals surface area contributed by atoms with Gasteiger partial charge in [-0.25, -0.2) is 0 Å². The molecule has 8 heteroatoms. The number of esters is 1. The zero-order valence-electron chi connectivity index (χ0n) is 15.7. The van der Waals surface area contributed by atoms with Crippen LogP contribution in [0.1, 0.15) is 30.0 Å². The SMILES string of the molecule is COc1c2c(cc3c1C(CC(=O)C1CCOC1=O)[N+](C)(C)CC3)OCO2.[I-]. The number of benzene rings is 1. The van der Waals surface area contributed by atoms with E-state index in [9.17, 15) is 9.59 Å². The molecule has 148 valence electrons. The van der Waals surface area contributed by atoms with Crippen LogP contribution in [0.2, 0.25) is 0 Å². The maximum absolute atomic E-state index is 12.8. The number of halogens is 1. The second kappa shape index (κ2) is 7.46. The molecule has 1 aromatic carbocycles. The van der Waals surface area contributed by atoms with Gasteiger partial charge < -0.3 is 47.4 Å². The lowest BCUT2D eigenvalue weighted by Gasteiger charge is -2.43. The molecule has 0 spiro atoms. The number of carbonyl (C=O) groups is 2. The summed E-state index contributed by atoms with van der Waals surface area (Å²) in [7, 11) is 5.83. The van der Waals surface area contributed by atoms with Crippen molar-refractivity contribution in [2.75, 3.05) is 41.1 Å². The molecule has 1 aromatic rings. The van der Waals surface area contributed by atoms with Gasteiger partial charge >= 0.3 is 5.97 Å². The molecule has 4 rings (SSSR count). The van der Waals surface area contributed by atoms with Gasteiger partial charge in [-0.3, -0.25) is 9.59 Å². The molecular formula is C19H24INO6. The quantitative estimate of drug-likeness (QED) is 0.225. The summed E-state index contributed by atoms with van der Waals surface area (Å²) in [5.74, 6) is 0.849. The number of ketones is 1. The highest BCUT2D eigenvalue weighted by Crippen LogP contribution is 2.51. The van der Waals surface area contributed by atoms with Crippen LogP contribution in [-0.2, 0) is 20.7 Å². The van der Waals surface area contributed by atoms with Gasteiger partial charge in [0, 0.05) is 12.8 Å². The lowest BCUT2D eigenvalue weighted by atomic mass is 9.84. The zero-order chi connectivity index (χ0) is 18.5. The normalized spacial score (nSPS) is 24.6. The molecule has 0 aromatic heterocycles. The van der Waals surface area contributed by atoms with Gasteiger partial charge in [0.05, 0.1) is 46.3 Å². The molecule has 1 fully saturated rings. The van der Waals surface area contributed by atoms with Crippen molar-refractivity contribution in [3.05, 3.63) is 17.2 Å². The summed E-state index contributed by atoms with van der Waals surface area (Å²) >= 11 is 0. The van der Waals surface area contributed by atoms with E-state index in [4.69, 9.17) is 18.9 Å². The van der Waals surface area contributed by atoms with Crippen molar-refractivity contribution in [3.8, 4) is 17.2 Å². The first-order valence-corrected chi connectivity index (χ1v) is 8.93. The van der Waals surface area contributed by atoms with Gasteiger partial charge in [-0.05, 0) is 11.6 Å². The number of quaternary nitrogens is 1. The van der Waals surface area contributed by atoms with E-state index in [1.54, 1.807) is 7.11 Å². The third kappa shape index (κ3) is 3.37. The smallest absolute Gasteiger partial charge is 0.316 e. The van der Waals surface area contributed by atoms with Crippen LogP contribution in [0.15, 0.2) is 6.07 Å². The van der Waals surface area contributed by atoms with Crippen LogP contribution in [0.3, 0.4) is 0 Å². The Balaban J connectivity index is 0.00000210. The Hall–Kier alpha value is -1.55. The van der Waals surface area contributed by atoms with Gasteiger partial charge in [0.2, 0.25) is 12.5 Å². The van der Waals surface area contributed by atoms with E-state index in [0.29, 0.717) is 34.8 Å². The van der Waals surface area contributed by atoms with Crippen molar-refractivity contribution in [3.63, 3.8) is 0 Å². The Morgan fingerprint density at radius 2 is 2.07 bits per heavy atom. The van der Waals surface area contributed by atoms with Gasteiger partial charge in [-0.2, -0.15) is 0 Å². The monoisotopic (exact) mass is 489 g/mol. The summed E-state index contributed by atoms with van der Waals surface area (Å²) in [6, 6.07) is 1.89. The van der Waals surface area contributed by atoms with Crippen LogP contribution in [0, 0.1) is 5.92 Å². The molecule has 2 unspecified atom stereocenters. The number of fused-ring (bicyclic) bond motifs is 2. The van der Waals surface area contributed by atoms with Crippen LogP contribution in [-0.4, -0.2) is 57.4 Å². The average molecular weight is 489 g/mol. The number of Topliss-reactive ketones (excluding diaryl/α,β-unsaturated/α-hetero) is 1. The molecule has 2 atom stereocenters. The fraction of sp³-hybridized carbons (Fsp3) is 0.579. The largest absolute Gasteiger partial charge is 1.00 e. The second-order valence-corrected chi connectivity index (χ2v) is 7.66. The number of carbonyl (C=O) groups excluding carboxylic acids is 2. The summed E-state index contributed by atoms with van der Waals surface area (Å²) < 4.78 is 22.5. The molecule has 3 aliphatic rings. The number of nitrogens with zero attached hydrogens (tertiary/aromatic N) is 1. The van der Waals surface area contributed by atoms with Crippen LogP contribution in [0.5, 0.6) is 17.2 Å². The number of cyclic esters (lactones) is 1. The van der Waals surface area contributed by atoms with E-state index in [1.165, 1.54) is 0 Å². The summed E-state index contributed by atoms with van der Waals surface area (Å²) in [4.78, 5) is 24.7. The van der Waals surface area contributed by atoms with Crippen molar-refractivity contribution in [1.82, 2.24) is 0 Å². The first-order chi connectivity index (χ1) is 12.4. The second-order valence-electron chi connectivity index (χ2n) is 7.66. The fourth-order valence-corrected chi connectivity index (χ4v) is 4.24. The van der Waals surface area contributed by atoms with Crippen LogP contribution in [0.25, 0.3) is 0 Å². The Bertz CT molecular complexity index is 778. The Kier molecular flexibility index (Phi) is 5.58. The van der Waals surface area contributed by atoms with Gasteiger partial charge in [-0.1, -0.05) is 0 Å². The third-order valence-corrected chi connectivity index (χ3v) is 5.80. The maximum Gasteiger partial charge on any atom is 0.316 e. The highest BCUT2D eigenvalue weighted by Gasteiger charge is 2.44. The number of rotatable bonds is 4. The number of hydrogen-bond acceptors (Lipinski definition) is 6. The topological polar surface area (TPSA) is 71.1 Å². The fourth-order valence-electron chi connectivity index (χ4n) is 4.24. The molecule has 0 radical (unpaired) electrons.